The largest absolute Gasteiger partial charge is 0.294 e. The second kappa shape index (κ2) is 7.00. The molecule has 5 nitrogen and oxygen atoms in total. The van der Waals surface area contributed by atoms with E-state index >= 15 is 0 Å². The molecule has 1 aromatic carbocycles. The van der Waals surface area contributed by atoms with Crippen molar-refractivity contribution in [3.05, 3.63) is 76.2 Å². The Balaban J connectivity index is 1.67. The molecule has 3 aromatic heterocycles. The van der Waals surface area contributed by atoms with Crippen LogP contribution in [-0.2, 0) is 6.42 Å². The highest BCUT2D eigenvalue weighted by molar-refractivity contribution is 5.98. The number of benzene rings is 1. The lowest BCUT2D eigenvalue weighted by molar-refractivity contribution is 0.0992. The number of fused-ring (bicyclic) bond motifs is 1. The van der Waals surface area contributed by atoms with Gasteiger partial charge in [0.05, 0.1) is 5.69 Å². The van der Waals surface area contributed by atoms with Crippen molar-refractivity contribution in [2.75, 3.05) is 0 Å². The van der Waals surface area contributed by atoms with Crippen molar-refractivity contribution in [2.24, 2.45) is 0 Å². The molecule has 4 rings (SSSR count). The summed E-state index contributed by atoms with van der Waals surface area (Å²) in [6.07, 6.45) is 2.09. The molecule has 0 radical (unpaired) electrons. The fourth-order valence-corrected chi connectivity index (χ4v) is 3.53. The van der Waals surface area contributed by atoms with Crippen LogP contribution >= 0.6 is 0 Å². The second-order valence-corrected chi connectivity index (χ2v) is 7.37. The zero-order chi connectivity index (χ0) is 19.8. The lowest BCUT2D eigenvalue weighted by atomic mass is 9.98. The zero-order valence-corrected chi connectivity index (χ0v) is 16.5. The Morgan fingerprint density at radius 2 is 1.75 bits per heavy atom. The summed E-state index contributed by atoms with van der Waals surface area (Å²) < 4.78 is 0. The predicted molar refractivity (Wildman–Crippen MR) is 111 cm³/mol. The fourth-order valence-electron chi connectivity index (χ4n) is 3.53. The average molecular weight is 370 g/mol. The summed E-state index contributed by atoms with van der Waals surface area (Å²) in [6, 6.07) is 12.0. The fraction of sp³-hybridized carbons (Fsp3) is 0.217. The summed E-state index contributed by atoms with van der Waals surface area (Å²) in [5.74, 6) is 0.0924. The van der Waals surface area contributed by atoms with E-state index in [0.29, 0.717) is 12.1 Å². The smallest absolute Gasteiger partial charge is 0.181 e. The Morgan fingerprint density at radius 1 is 1.00 bits per heavy atom. The lowest BCUT2D eigenvalue weighted by Gasteiger charge is -2.09. The van der Waals surface area contributed by atoms with Crippen molar-refractivity contribution >= 4 is 16.8 Å². The van der Waals surface area contributed by atoms with Crippen molar-refractivity contribution in [1.82, 2.24) is 20.2 Å². The molecule has 140 valence electrons. The van der Waals surface area contributed by atoms with E-state index in [1.165, 1.54) is 0 Å². The summed E-state index contributed by atoms with van der Waals surface area (Å²) in [5.41, 5.74) is 8.11. The third-order valence-electron chi connectivity index (χ3n) is 4.94. The molecule has 0 amide bonds. The molecular formula is C23H22N4O. The number of hydrogen-bond acceptors (Lipinski definition) is 4. The second-order valence-electron chi connectivity index (χ2n) is 7.37. The van der Waals surface area contributed by atoms with E-state index < -0.39 is 0 Å². The van der Waals surface area contributed by atoms with E-state index in [-0.39, 0.29) is 5.78 Å². The number of hydrogen-bond donors (Lipinski definition) is 1. The number of nitrogens with zero attached hydrogens (tertiary/aromatic N) is 3. The van der Waals surface area contributed by atoms with Crippen LogP contribution in [0.25, 0.3) is 22.3 Å². The Morgan fingerprint density at radius 3 is 2.50 bits per heavy atom. The Labute approximate surface area is 163 Å². The molecule has 3 heterocycles. The van der Waals surface area contributed by atoms with Crippen molar-refractivity contribution in [3.63, 3.8) is 0 Å². The number of aryl methyl sites for hydroxylation is 4. The van der Waals surface area contributed by atoms with Crippen molar-refractivity contribution < 1.29 is 4.79 Å². The molecule has 4 aromatic rings. The van der Waals surface area contributed by atoms with E-state index in [0.717, 1.165) is 50.3 Å². The molecule has 0 aliphatic carbocycles. The molecule has 0 unspecified atom stereocenters. The van der Waals surface area contributed by atoms with Gasteiger partial charge in [-0.15, -0.1) is 0 Å². The van der Waals surface area contributed by atoms with Gasteiger partial charge >= 0.3 is 0 Å². The van der Waals surface area contributed by atoms with Crippen LogP contribution in [0.3, 0.4) is 0 Å². The minimum Gasteiger partial charge on any atom is -0.294 e. The monoisotopic (exact) mass is 370 g/mol. The van der Waals surface area contributed by atoms with Gasteiger partial charge in [0.25, 0.3) is 0 Å². The lowest BCUT2D eigenvalue weighted by Crippen LogP contribution is -2.05. The van der Waals surface area contributed by atoms with E-state index in [1.54, 1.807) is 6.20 Å². The number of pyridine rings is 2. The molecule has 0 saturated heterocycles. The molecule has 0 aliphatic rings. The van der Waals surface area contributed by atoms with Gasteiger partial charge in [-0.05, 0) is 63.6 Å². The van der Waals surface area contributed by atoms with E-state index in [9.17, 15) is 4.79 Å². The third-order valence-corrected chi connectivity index (χ3v) is 4.94. The third kappa shape index (κ3) is 3.43. The molecule has 0 aliphatic heterocycles. The Kier molecular flexibility index (Phi) is 4.51. The van der Waals surface area contributed by atoms with Gasteiger partial charge in [-0.3, -0.25) is 14.9 Å². The predicted octanol–water partition coefficient (Wildman–Crippen LogP) is 4.68. The molecule has 0 fully saturated rings. The minimum atomic E-state index is 0.0924. The van der Waals surface area contributed by atoms with Gasteiger partial charge in [-0.25, -0.2) is 4.98 Å². The van der Waals surface area contributed by atoms with Crippen molar-refractivity contribution in [3.8, 4) is 11.3 Å². The zero-order valence-electron chi connectivity index (χ0n) is 16.5. The summed E-state index contributed by atoms with van der Waals surface area (Å²) in [6.45, 7) is 7.94. The number of carbonyl (C=O) groups excluding carboxylic acids is 1. The van der Waals surface area contributed by atoms with E-state index in [4.69, 9.17) is 0 Å². The minimum absolute atomic E-state index is 0.0924. The number of aromatic amines is 1. The first kappa shape index (κ1) is 18.0. The first-order chi connectivity index (χ1) is 13.4. The van der Waals surface area contributed by atoms with Crippen LogP contribution in [0.5, 0.6) is 0 Å². The number of aromatic nitrogens is 4. The van der Waals surface area contributed by atoms with Crippen LogP contribution in [0.4, 0.5) is 0 Å². The first-order valence-electron chi connectivity index (χ1n) is 9.30. The van der Waals surface area contributed by atoms with Gasteiger partial charge in [0.15, 0.2) is 11.4 Å². The first-order valence-corrected chi connectivity index (χ1v) is 9.30. The van der Waals surface area contributed by atoms with Crippen LogP contribution in [0, 0.1) is 27.7 Å². The number of rotatable bonds is 4. The Bertz CT molecular complexity index is 1190. The summed E-state index contributed by atoms with van der Waals surface area (Å²) in [7, 11) is 0. The summed E-state index contributed by atoms with van der Waals surface area (Å²) in [5, 5.41) is 8.22. The highest BCUT2D eigenvalue weighted by atomic mass is 16.1. The summed E-state index contributed by atoms with van der Waals surface area (Å²) >= 11 is 0. The molecule has 5 heteroatoms. The van der Waals surface area contributed by atoms with Gasteiger partial charge in [0.2, 0.25) is 0 Å². The standard InChI is InChI=1S/C23H22N4O/c1-13-7-14(2)9-18(8-13)22(28)11-17-10-20(15(3)24-12-17)21-6-5-19-16(4)26-27-23(19)25-21/h5-10,12H,11H2,1-4H3,(H,25,26,27). The van der Waals surface area contributed by atoms with Crippen LogP contribution in [0.1, 0.15) is 38.4 Å². The topological polar surface area (TPSA) is 71.5 Å². The average Bonchev–Trinajstić information content (AvgIpc) is 3.03. The normalized spacial score (nSPS) is 11.1. The number of Topliss-reactive ketones (excluding diaryl/α,β-unsaturated/α-hetero) is 1. The van der Waals surface area contributed by atoms with Gasteiger partial charge in [0.1, 0.15) is 0 Å². The molecule has 0 bridgehead atoms. The van der Waals surface area contributed by atoms with Crippen LogP contribution in [-0.4, -0.2) is 25.9 Å². The quantitative estimate of drug-likeness (QED) is 0.530. The van der Waals surface area contributed by atoms with Gasteiger partial charge in [-0.2, -0.15) is 5.10 Å². The maximum atomic E-state index is 12.8. The molecule has 0 atom stereocenters. The van der Waals surface area contributed by atoms with Gasteiger partial charge in [0, 0.05) is 40.5 Å². The molecular weight excluding hydrogens is 348 g/mol. The maximum absolute atomic E-state index is 12.8. The molecule has 28 heavy (non-hydrogen) atoms. The van der Waals surface area contributed by atoms with E-state index in [2.05, 4.69) is 26.2 Å². The van der Waals surface area contributed by atoms with Crippen LogP contribution in [0.2, 0.25) is 0 Å². The highest BCUT2D eigenvalue weighted by Crippen LogP contribution is 2.25. The van der Waals surface area contributed by atoms with Crippen LogP contribution < -0.4 is 0 Å². The van der Waals surface area contributed by atoms with Gasteiger partial charge in [-0.1, -0.05) is 17.2 Å². The Hall–Kier alpha value is -3.34. The maximum Gasteiger partial charge on any atom is 0.181 e. The molecule has 0 spiro atoms. The highest BCUT2D eigenvalue weighted by Gasteiger charge is 2.13. The number of carbonyl (C=O) groups is 1. The van der Waals surface area contributed by atoms with Gasteiger partial charge < -0.3 is 0 Å². The van der Waals surface area contributed by atoms with Crippen molar-refractivity contribution in [2.45, 2.75) is 34.1 Å². The molecule has 0 saturated carbocycles. The number of H-pyrrole nitrogens is 1. The number of nitrogens with one attached hydrogen (secondary N) is 1. The number of ketones is 1. The van der Waals surface area contributed by atoms with E-state index in [1.807, 2.05) is 58.0 Å². The SMILES string of the molecule is Cc1cc(C)cc(C(=O)Cc2cnc(C)c(-c3ccc4c(C)[nH]nc4n3)c2)c1. The summed E-state index contributed by atoms with van der Waals surface area (Å²) in [4.78, 5) is 21.9. The molecule has 1 N–H and O–H groups in total. The van der Waals surface area contributed by atoms with Crippen molar-refractivity contribution in [1.29, 1.82) is 0 Å². The van der Waals surface area contributed by atoms with Crippen LogP contribution in [0.15, 0.2) is 42.6 Å².